The van der Waals surface area contributed by atoms with Crippen molar-refractivity contribution in [2.45, 2.75) is 12.5 Å². The minimum Gasteiger partial charge on any atom is -0.503 e. The van der Waals surface area contributed by atoms with Gasteiger partial charge in [-0.1, -0.05) is 0 Å². The van der Waals surface area contributed by atoms with Gasteiger partial charge in [-0.3, -0.25) is 4.99 Å². The van der Waals surface area contributed by atoms with E-state index in [9.17, 15) is 9.90 Å². The van der Waals surface area contributed by atoms with Gasteiger partial charge in [0.25, 0.3) is 0 Å². The fraction of sp³-hybridized carbons (Fsp3) is 0.562. The highest BCUT2D eigenvalue weighted by Crippen LogP contribution is 2.37. The molecule has 1 atom stereocenters. The monoisotopic (exact) mass is 370 g/mol. The second-order valence-corrected chi connectivity index (χ2v) is 6.40. The van der Waals surface area contributed by atoms with Gasteiger partial charge in [-0.15, -0.1) is 11.8 Å². The van der Waals surface area contributed by atoms with Crippen molar-refractivity contribution in [3.63, 3.8) is 0 Å². The molecular weight excluding hydrogens is 348 g/mol. The number of nitrogens with zero attached hydrogens (tertiary/aromatic N) is 2. The summed E-state index contributed by atoms with van der Waals surface area (Å²) in [5.41, 5.74) is -0.690. The maximum atomic E-state index is 11.8. The molecule has 1 aromatic rings. The third-order valence-corrected chi connectivity index (χ3v) is 4.73. The molecule has 0 radical (unpaired) electrons. The molecule has 0 aliphatic carbocycles. The predicted octanol–water partition coefficient (Wildman–Crippen LogP) is 1.25. The molecule has 1 aliphatic rings. The Morgan fingerprint density at radius 3 is 2.80 bits per heavy atom. The third-order valence-electron chi connectivity index (χ3n) is 3.47. The lowest BCUT2D eigenvalue weighted by molar-refractivity contribution is -0.145. The first-order chi connectivity index (χ1) is 12.0. The largest absolute Gasteiger partial charge is 0.503 e. The van der Waals surface area contributed by atoms with Gasteiger partial charge in [0.15, 0.2) is 17.0 Å². The number of rotatable bonds is 9. The molecule has 1 aromatic heterocycles. The molecule has 1 N–H and O–H groups in total. The fourth-order valence-electron chi connectivity index (χ4n) is 2.11. The Morgan fingerprint density at radius 1 is 1.32 bits per heavy atom. The first kappa shape index (κ1) is 19.5. The van der Waals surface area contributed by atoms with E-state index >= 15 is 0 Å². The number of aliphatic imine (C=N–C) groups is 1. The summed E-state index contributed by atoms with van der Waals surface area (Å²) < 4.78 is 20.5. The van der Waals surface area contributed by atoms with Crippen molar-refractivity contribution >= 4 is 22.8 Å². The van der Waals surface area contributed by atoms with Gasteiger partial charge in [0.2, 0.25) is 0 Å². The molecule has 2 rings (SSSR count). The Bertz CT molecular complexity index is 639. The molecule has 0 bridgehead atoms. The molecular formula is C16H22N2O6S. The number of pyridine rings is 1. The molecule has 0 spiro atoms. The number of carbonyl (C=O) groups is 1. The topological polar surface area (TPSA) is 99.5 Å². The Balaban J connectivity index is 2.03. The zero-order valence-electron chi connectivity index (χ0n) is 14.5. The van der Waals surface area contributed by atoms with E-state index in [1.165, 1.54) is 25.1 Å². The van der Waals surface area contributed by atoms with Gasteiger partial charge in [-0.2, -0.15) is 0 Å². The lowest BCUT2D eigenvalue weighted by atomic mass is 10.1. The highest BCUT2D eigenvalue weighted by atomic mass is 32.2. The van der Waals surface area contributed by atoms with Gasteiger partial charge in [0, 0.05) is 25.1 Å². The molecule has 1 unspecified atom stereocenters. The van der Waals surface area contributed by atoms with Crippen LogP contribution in [0.4, 0.5) is 0 Å². The summed E-state index contributed by atoms with van der Waals surface area (Å²) in [6.07, 6.45) is 1.52. The number of aromatic hydroxyl groups is 1. The van der Waals surface area contributed by atoms with E-state index in [-0.39, 0.29) is 23.8 Å². The predicted molar refractivity (Wildman–Crippen MR) is 93.5 cm³/mol. The van der Waals surface area contributed by atoms with E-state index < -0.39 is 11.5 Å². The Kier molecular flexibility index (Phi) is 7.03. The van der Waals surface area contributed by atoms with E-state index in [0.29, 0.717) is 30.6 Å². The molecule has 0 aromatic carbocycles. The molecule has 9 heteroatoms. The maximum absolute atomic E-state index is 11.8. The quantitative estimate of drug-likeness (QED) is 0.512. The van der Waals surface area contributed by atoms with Crippen molar-refractivity contribution in [1.82, 2.24) is 4.98 Å². The number of carbonyl (C=O) groups excluding carboxylic acids is 1. The normalized spacial score (nSPS) is 19.6. The van der Waals surface area contributed by atoms with Gasteiger partial charge in [0.05, 0.1) is 26.9 Å². The number of hydrogen-bond acceptors (Lipinski definition) is 9. The van der Waals surface area contributed by atoms with Crippen LogP contribution in [0.1, 0.15) is 12.6 Å². The van der Waals surface area contributed by atoms with Crippen LogP contribution in [-0.4, -0.2) is 73.0 Å². The number of hydrogen-bond donors (Lipinski definition) is 1. The number of methoxy groups -OCH3 is 2. The number of aromatic nitrogens is 1. The van der Waals surface area contributed by atoms with Crippen molar-refractivity contribution in [3.8, 4) is 11.5 Å². The standard InChI is InChI=1S/C16H22N2O6S/c1-16(15(20)22-3)10-25-14(18-16)12-13(19)11(4-5-17-12)24-9-8-23-7-6-21-2/h4-5,19H,6-10H2,1-3H3. The average molecular weight is 370 g/mol. The summed E-state index contributed by atoms with van der Waals surface area (Å²) >= 11 is 1.34. The molecule has 0 fully saturated rings. The summed E-state index contributed by atoms with van der Waals surface area (Å²) in [6, 6.07) is 1.56. The van der Waals surface area contributed by atoms with E-state index in [2.05, 4.69) is 9.98 Å². The van der Waals surface area contributed by atoms with Crippen LogP contribution in [0.3, 0.4) is 0 Å². The molecule has 0 saturated carbocycles. The summed E-state index contributed by atoms with van der Waals surface area (Å²) in [6.45, 7) is 3.33. The van der Waals surface area contributed by atoms with E-state index in [1.807, 2.05) is 0 Å². The SMILES string of the molecule is COCCOCCOc1ccnc(C2=NC(C)(C(=O)OC)CS2)c1O. The summed E-state index contributed by atoms with van der Waals surface area (Å²) in [4.78, 5) is 20.4. The van der Waals surface area contributed by atoms with Gasteiger partial charge in [0.1, 0.15) is 17.3 Å². The smallest absolute Gasteiger partial charge is 0.334 e. The van der Waals surface area contributed by atoms with Crippen molar-refractivity contribution in [2.24, 2.45) is 4.99 Å². The first-order valence-corrected chi connectivity index (χ1v) is 8.69. The Labute approximate surface area is 150 Å². The minimum atomic E-state index is -0.977. The van der Waals surface area contributed by atoms with Crippen LogP contribution in [-0.2, 0) is 19.0 Å². The van der Waals surface area contributed by atoms with Crippen LogP contribution in [0.2, 0.25) is 0 Å². The van der Waals surface area contributed by atoms with Crippen LogP contribution in [0.15, 0.2) is 17.3 Å². The van der Waals surface area contributed by atoms with Gasteiger partial charge >= 0.3 is 5.97 Å². The van der Waals surface area contributed by atoms with Crippen molar-refractivity contribution in [3.05, 3.63) is 18.0 Å². The summed E-state index contributed by atoms with van der Waals surface area (Å²) in [5.74, 6) is 0.180. The minimum absolute atomic E-state index is 0.111. The van der Waals surface area contributed by atoms with E-state index in [1.54, 1.807) is 20.1 Å². The molecule has 1 aliphatic heterocycles. The highest BCUT2D eigenvalue weighted by molar-refractivity contribution is 8.14. The van der Waals surface area contributed by atoms with Crippen LogP contribution < -0.4 is 4.74 Å². The van der Waals surface area contributed by atoms with Crippen LogP contribution in [0.5, 0.6) is 11.5 Å². The first-order valence-electron chi connectivity index (χ1n) is 7.70. The lowest BCUT2D eigenvalue weighted by Gasteiger charge is -2.15. The van der Waals surface area contributed by atoms with Crippen molar-refractivity contribution in [1.29, 1.82) is 0 Å². The van der Waals surface area contributed by atoms with Gasteiger partial charge in [-0.05, 0) is 6.92 Å². The zero-order valence-corrected chi connectivity index (χ0v) is 15.3. The number of esters is 1. The second-order valence-electron chi connectivity index (χ2n) is 5.43. The average Bonchev–Trinajstić information content (AvgIpc) is 3.02. The van der Waals surface area contributed by atoms with Crippen molar-refractivity contribution < 1.29 is 28.8 Å². The Hall–Kier alpha value is -1.84. The van der Waals surface area contributed by atoms with E-state index in [0.717, 1.165) is 0 Å². The van der Waals surface area contributed by atoms with Gasteiger partial charge in [-0.25, -0.2) is 9.78 Å². The highest BCUT2D eigenvalue weighted by Gasteiger charge is 2.40. The molecule has 25 heavy (non-hydrogen) atoms. The molecule has 138 valence electrons. The third kappa shape index (κ3) is 4.83. The molecule has 0 saturated heterocycles. The number of ether oxygens (including phenoxy) is 4. The van der Waals surface area contributed by atoms with Crippen molar-refractivity contribution in [2.75, 3.05) is 46.4 Å². The van der Waals surface area contributed by atoms with Crippen LogP contribution in [0.25, 0.3) is 0 Å². The summed E-state index contributed by atoms with van der Waals surface area (Å²) in [7, 11) is 2.93. The Morgan fingerprint density at radius 2 is 2.08 bits per heavy atom. The zero-order chi connectivity index (χ0) is 18.3. The second kappa shape index (κ2) is 9.02. The molecule has 0 amide bonds. The molecule has 8 nitrogen and oxygen atoms in total. The van der Waals surface area contributed by atoms with Crippen LogP contribution in [0, 0.1) is 0 Å². The fourth-order valence-corrected chi connectivity index (χ4v) is 3.26. The van der Waals surface area contributed by atoms with Crippen LogP contribution >= 0.6 is 11.8 Å². The van der Waals surface area contributed by atoms with E-state index in [4.69, 9.17) is 18.9 Å². The number of thioether (sulfide) groups is 1. The summed E-state index contributed by atoms with van der Waals surface area (Å²) in [5, 5.41) is 10.9. The molecule has 2 heterocycles. The maximum Gasteiger partial charge on any atom is 0.334 e. The lowest BCUT2D eigenvalue weighted by Crippen LogP contribution is -2.34. The van der Waals surface area contributed by atoms with Gasteiger partial charge < -0.3 is 24.1 Å².